The normalized spacial score (nSPS) is 40.8. The van der Waals surface area contributed by atoms with E-state index >= 15 is 0 Å². The number of rotatable bonds is 0. The van der Waals surface area contributed by atoms with Crippen LogP contribution in [0.4, 0.5) is 0 Å². The van der Waals surface area contributed by atoms with Gasteiger partial charge in [-0.1, -0.05) is 6.42 Å². The van der Waals surface area contributed by atoms with Crippen molar-refractivity contribution < 1.29 is 9.47 Å². The van der Waals surface area contributed by atoms with Crippen LogP contribution in [-0.2, 0) is 9.47 Å². The SMILES string of the molecule is C1CCC2COC2COC1. The van der Waals surface area contributed by atoms with E-state index in [1.165, 1.54) is 19.3 Å². The van der Waals surface area contributed by atoms with Crippen molar-refractivity contribution in [1.82, 2.24) is 0 Å². The average Bonchev–Trinajstić information content (AvgIpc) is 1.89. The molecule has 2 aliphatic heterocycles. The van der Waals surface area contributed by atoms with Crippen LogP contribution in [0.3, 0.4) is 0 Å². The second kappa shape index (κ2) is 2.89. The van der Waals surface area contributed by atoms with E-state index in [-0.39, 0.29) is 0 Å². The lowest BCUT2D eigenvalue weighted by Gasteiger charge is -2.38. The highest BCUT2D eigenvalue weighted by Gasteiger charge is 2.32. The Balaban J connectivity index is 1.83. The lowest BCUT2D eigenvalue weighted by molar-refractivity contribution is -0.155. The van der Waals surface area contributed by atoms with Gasteiger partial charge in [-0.15, -0.1) is 0 Å². The standard InChI is InChI=1S/C8H14O2/c1-2-4-9-6-8-7(3-1)5-10-8/h7-8H,1-6H2. The summed E-state index contributed by atoms with van der Waals surface area (Å²) < 4.78 is 10.7. The van der Waals surface area contributed by atoms with E-state index in [4.69, 9.17) is 9.47 Å². The van der Waals surface area contributed by atoms with Crippen LogP contribution >= 0.6 is 0 Å². The van der Waals surface area contributed by atoms with Gasteiger partial charge in [-0.25, -0.2) is 0 Å². The molecule has 0 aromatic heterocycles. The molecule has 2 unspecified atom stereocenters. The monoisotopic (exact) mass is 142 g/mol. The molecule has 2 atom stereocenters. The molecule has 2 fully saturated rings. The molecule has 0 N–H and O–H groups in total. The number of ether oxygens (including phenoxy) is 2. The van der Waals surface area contributed by atoms with Crippen LogP contribution in [-0.4, -0.2) is 25.9 Å². The van der Waals surface area contributed by atoms with Crippen LogP contribution in [0.5, 0.6) is 0 Å². The molecule has 0 aromatic rings. The highest BCUT2D eigenvalue weighted by molar-refractivity contribution is 4.79. The topological polar surface area (TPSA) is 18.5 Å². The molecule has 10 heavy (non-hydrogen) atoms. The molecular formula is C8H14O2. The summed E-state index contributed by atoms with van der Waals surface area (Å²) in [6.45, 7) is 2.76. The molecule has 2 saturated heterocycles. The van der Waals surface area contributed by atoms with E-state index in [1.807, 2.05) is 0 Å². The Hall–Kier alpha value is -0.0800. The van der Waals surface area contributed by atoms with Gasteiger partial charge in [0.05, 0.1) is 19.3 Å². The molecule has 58 valence electrons. The summed E-state index contributed by atoms with van der Waals surface area (Å²) in [6, 6.07) is 0. The Morgan fingerprint density at radius 3 is 2.90 bits per heavy atom. The largest absolute Gasteiger partial charge is 0.379 e. The molecule has 0 spiro atoms. The maximum Gasteiger partial charge on any atom is 0.0858 e. The lowest BCUT2D eigenvalue weighted by Crippen LogP contribution is -2.43. The van der Waals surface area contributed by atoms with Crippen molar-refractivity contribution in [2.75, 3.05) is 19.8 Å². The van der Waals surface area contributed by atoms with Crippen LogP contribution < -0.4 is 0 Å². The van der Waals surface area contributed by atoms with Crippen molar-refractivity contribution in [2.45, 2.75) is 25.4 Å². The second-order valence-electron chi connectivity index (χ2n) is 3.20. The fraction of sp³-hybridized carbons (Fsp3) is 1.00. The molecular weight excluding hydrogens is 128 g/mol. The zero-order chi connectivity index (χ0) is 6.81. The van der Waals surface area contributed by atoms with E-state index in [0.717, 1.165) is 25.7 Å². The van der Waals surface area contributed by atoms with Gasteiger partial charge in [-0.05, 0) is 12.8 Å². The predicted octanol–water partition coefficient (Wildman–Crippen LogP) is 1.20. The molecule has 2 rings (SSSR count). The third kappa shape index (κ3) is 1.18. The zero-order valence-corrected chi connectivity index (χ0v) is 6.21. The van der Waals surface area contributed by atoms with Gasteiger partial charge in [-0.3, -0.25) is 0 Å². The van der Waals surface area contributed by atoms with Crippen molar-refractivity contribution >= 4 is 0 Å². The molecule has 0 radical (unpaired) electrons. The van der Waals surface area contributed by atoms with E-state index in [9.17, 15) is 0 Å². The summed E-state index contributed by atoms with van der Waals surface area (Å²) in [5, 5.41) is 0. The Bertz CT molecular complexity index is 99.8. The number of hydrogen-bond donors (Lipinski definition) is 0. The lowest BCUT2D eigenvalue weighted by atomic mass is 9.92. The van der Waals surface area contributed by atoms with E-state index in [1.54, 1.807) is 0 Å². The van der Waals surface area contributed by atoms with Gasteiger partial charge in [0.25, 0.3) is 0 Å². The van der Waals surface area contributed by atoms with Crippen molar-refractivity contribution in [3.63, 3.8) is 0 Å². The van der Waals surface area contributed by atoms with Crippen LogP contribution in [0.15, 0.2) is 0 Å². The smallest absolute Gasteiger partial charge is 0.0858 e. The highest BCUT2D eigenvalue weighted by atomic mass is 16.5. The van der Waals surface area contributed by atoms with Crippen LogP contribution in [0.1, 0.15) is 19.3 Å². The van der Waals surface area contributed by atoms with E-state index in [0.29, 0.717) is 6.10 Å². The first-order valence-corrected chi connectivity index (χ1v) is 4.16. The minimum atomic E-state index is 0.445. The number of fused-ring (bicyclic) bond motifs is 1. The third-order valence-electron chi connectivity index (χ3n) is 2.45. The summed E-state index contributed by atoms with van der Waals surface area (Å²) in [5.41, 5.74) is 0. The van der Waals surface area contributed by atoms with Crippen LogP contribution in [0, 0.1) is 5.92 Å². The summed E-state index contributed by atoms with van der Waals surface area (Å²) in [6.07, 6.45) is 4.36. The molecule has 0 aliphatic carbocycles. The van der Waals surface area contributed by atoms with E-state index < -0.39 is 0 Å². The third-order valence-corrected chi connectivity index (χ3v) is 2.45. The Kier molecular flexibility index (Phi) is 1.91. The Morgan fingerprint density at radius 1 is 1.10 bits per heavy atom. The molecule has 0 amide bonds. The average molecular weight is 142 g/mol. The molecule has 2 heteroatoms. The van der Waals surface area contributed by atoms with Gasteiger partial charge in [0.15, 0.2) is 0 Å². The minimum Gasteiger partial charge on any atom is -0.379 e. The summed E-state index contributed by atoms with van der Waals surface area (Å²) in [7, 11) is 0. The highest BCUT2D eigenvalue weighted by Crippen LogP contribution is 2.27. The quantitative estimate of drug-likeness (QED) is 0.506. The molecule has 0 saturated carbocycles. The first kappa shape index (κ1) is 6.62. The van der Waals surface area contributed by atoms with Gasteiger partial charge >= 0.3 is 0 Å². The van der Waals surface area contributed by atoms with Gasteiger partial charge < -0.3 is 9.47 Å². The van der Waals surface area contributed by atoms with Crippen molar-refractivity contribution in [1.29, 1.82) is 0 Å². The maximum absolute atomic E-state index is 5.38. The van der Waals surface area contributed by atoms with E-state index in [2.05, 4.69) is 0 Å². The fourth-order valence-corrected chi connectivity index (χ4v) is 1.63. The summed E-state index contributed by atoms with van der Waals surface area (Å²) in [5.74, 6) is 0.820. The first-order valence-electron chi connectivity index (χ1n) is 4.16. The molecule has 2 aliphatic rings. The first-order chi connectivity index (χ1) is 4.97. The number of hydrogen-bond acceptors (Lipinski definition) is 2. The Morgan fingerprint density at radius 2 is 2.10 bits per heavy atom. The minimum absolute atomic E-state index is 0.445. The van der Waals surface area contributed by atoms with Gasteiger partial charge in [0.1, 0.15) is 0 Å². The molecule has 0 aromatic carbocycles. The van der Waals surface area contributed by atoms with Gasteiger partial charge in [-0.2, -0.15) is 0 Å². The Labute approximate surface area is 61.5 Å². The summed E-state index contributed by atoms with van der Waals surface area (Å²) in [4.78, 5) is 0. The van der Waals surface area contributed by atoms with Crippen LogP contribution in [0.25, 0.3) is 0 Å². The fourth-order valence-electron chi connectivity index (χ4n) is 1.63. The summed E-state index contributed by atoms with van der Waals surface area (Å²) >= 11 is 0. The molecule has 0 bridgehead atoms. The van der Waals surface area contributed by atoms with Crippen molar-refractivity contribution in [3.8, 4) is 0 Å². The molecule has 2 heterocycles. The van der Waals surface area contributed by atoms with Crippen LogP contribution in [0.2, 0.25) is 0 Å². The van der Waals surface area contributed by atoms with Gasteiger partial charge in [0, 0.05) is 12.5 Å². The van der Waals surface area contributed by atoms with Crippen molar-refractivity contribution in [2.24, 2.45) is 5.92 Å². The molecule has 2 nitrogen and oxygen atoms in total. The second-order valence-corrected chi connectivity index (χ2v) is 3.20. The van der Waals surface area contributed by atoms with Gasteiger partial charge in [0.2, 0.25) is 0 Å². The maximum atomic E-state index is 5.38. The van der Waals surface area contributed by atoms with Crippen molar-refractivity contribution in [3.05, 3.63) is 0 Å². The zero-order valence-electron chi connectivity index (χ0n) is 6.21. The predicted molar refractivity (Wildman–Crippen MR) is 37.9 cm³/mol.